The molecule has 2 rings (SSSR count). The van der Waals surface area contributed by atoms with E-state index in [4.69, 9.17) is 4.74 Å². The van der Waals surface area contributed by atoms with Crippen molar-refractivity contribution in [1.82, 2.24) is 0 Å². The molecule has 1 atom stereocenters. The maximum atomic E-state index is 14.2. The lowest BCUT2D eigenvalue weighted by atomic mass is 10.0. The highest BCUT2D eigenvalue weighted by Gasteiger charge is 2.17. The third kappa shape index (κ3) is 3.85. The SMILES string of the molecule is C=CC(=O)Oc1ccc(-c2ccc(OC(O)C=C)cc2)c(F)c1F. The minimum absolute atomic E-state index is 0.0123. The van der Waals surface area contributed by atoms with Gasteiger partial charge in [-0.15, -0.1) is 0 Å². The van der Waals surface area contributed by atoms with E-state index in [2.05, 4.69) is 17.9 Å². The first-order valence-corrected chi connectivity index (χ1v) is 6.86. The zero-order chi connectivity index (χ0) is 17.7. The fraction of sp³-hybridized carbons (Fsp3) is 0.0556. The topological polar surface area (TPSA) is 55.8 Å². The van der Waals surface area contributed by atoms with Gasteiger partial charge in [0.2, 0.25) is 12.1 Å². The molecule has 124 valence electrons. The zero-order valence-corrected chi connectivity index (χ0v) is 12.5. The summed E-state index contributed by atoms with van der Waals surface area (Å²) in [6, 6.07) is 8.42. The fourth-order valence-corrected chi connectivity index (χ4v) is 1.88. The van der Waals surface area contributed by atoms with E-state index in [1.54, 1.807) is 0 Å². The maximum absolute atomic E-state index is 14.2. The Balaban J connectivity index is 2.29. The van der Waals surface area contributed by atoms with Crippen LogP contribution in [0.5, 0.6) is 11.5 Å². The van der Waals surface area contributed by atoms with E-state index in [1.165, 1.54) is 36.4 Å². The summed E-state index contributed by atoms with van der Waals surface area (Å²) in [5.41, 5.74) is 0.371. The number of hydrogen-bond donors (Lipinski definition) is 1. The van der Waals surface area contributed by atoms with Crippen LogP contribution in [0.1, 0.15) is 0 Å². The molecular weight excluding hydrogens is 318 g/mol. The van der Waals surface area contributed by atoms with E-state index >= 15 is 0 Å². The Morgan fingerprint density at radius 2 is 1.75 bits per heavy atom. The van der Waals surface area contributed by atoms with E-state index in [0.29, 0.717) is 11.3 Å². The first-order valence-electron chi connectivity index (χ1n) is 6.86. The molecule has 2 aromatic carbocycles. The van der Waals surface area contributed by atoms with E-state index in [0.717, 1.165) is 12.1 Å². The summed E-state index contributed by atoms with van der Waals surface area (Å²) in [6.45, 7) is 6.55. The number of carbonyl (C=O) groups excluding carboxylic acids is 1. The Morgan fingerprint density at radius 1 is 1.08 bits per heavy atom. The largest absolute Gasteiger partial charge is 0.461 e. The predicted molar refractivity (Wildman–Crippen MR) is 84.5 cm³/mol. The van der Waals surface area contributed by atoms with Gasteiger partial charge in [-0.3, -0.25) is 0 Å². The summed E-state index contributed by atoms with van der Waals surface area (Å²) in [7, 11) is 0. The van der Waals surface area contributed by atoms with Gasteiger partial charge in [0.05, 0.1) is 0 Å². The molecule has 0 aliphatic heterocycles. The molecule has 0 aromatic heterocycles. The van der Waals surface area contributed by atoms with Crippen LogP contribution < -0.4 is 9.47 Å². The van der Waals surface area contributed by atoms with Crippen LogP contribution in [0.3, 0.4) is 0 Å². The lowest BCUT2D eigenvalue weighted by Gasteiger charge is -2.11. The summed E-state index contributed by atoms with van der Waals surface area (Å²) in [5.74, 6) is -3.49. The summed E-state index contributed by atoms with van der Waals surface area (Å²) in [5, 5.41) is 9.30. The van der Waals surface area contributed by atoms with Crippen molar-refractivity contribution in [2.45, 2.75) is 6.29 Å². The highest BCUT2D eigenvalue weighted by Crippen LogP contribution is 2.31. The van der Waals surface area contributed by atoms with Gasteiger partial charge in [-0.1, -0.05) is 25.3 Å². The first kappa shape index (κ1) is 17.4. The van der Waals surface area contributed by atoms with Gasteiger partial charge < -0.3 is 14.6 Å². The summed E-state index contributed by atoms with van der Waals surface area (Å²) >= 11 is 0. The molecular formula is C18H14F2O4. The van der Waals surface area contributed by atoms with Crippen LogP contribution in [0.2, 0.25) is 0 Å². The number of carbonyl (C=O) groups is 1. The van der Waals surface area contributed by atoms with Crippen LogP contribution in [0.15, 0.2) is 61.7 Å². The molecule has 0 aliphatic carbocycles. The standard InChI is InChI=1S/C18H14F2O4/c1-3-15(21)23-12-7-5-11(6-8-12)13-9-10-14(18(20)17(13)19)24-16(22)4-2/h3-10,15,21H,1-2H2. The monoisotopic (exact) mass is 332 g/mol. The summed E-state index contributed by atoms with van der Waals surface area (Å²) in [6.07, 6.45) is 0.886. The molecule has 24 heavy (non-hydrogen) atoms. The second kappa shape index (κ2) is 7.52. The van der Waals surface area contributed by atoms with Crippen molar-refractivity contribution in [3.63, 3.8) is 0 Å². The number of hydrogen-bond acceptors (Lipinski definition) is 4. The van der Waals surface area contributed by atoms with Crippen LogP contribution in [0.25, 0.3) is 11.1 Å². The highest BCUT2D eigenvalue weighted by atomic mass is 19.2. The minimum Gasteiger partial charge on any atom is -0.461 e. The van der Waals surface area contributed by atoms with Crippen molar-refractivity contribution >= 4 is 5.97 Å². The average Bonchev–Trinajstić information content (AvgIpc) is 2.59. The second-order valence-electron chi connectivity index (χ2n) is 4.63. The maximum Gasteiger partial charge on any atom is 0.335 e. The molecule has 1 unspecified atom stereocenters. The molecule has 6 heteroatoms. The molecule has 1 N–H and O–H groups in total. The van der Waals surface area contributed by atoms with Crippen LogP contribution in [0, 0.1) is 11.6 Å². The lowest BCUT2D eigenvalue weighted by Crippen LogP contribution is -2.10. The Hall–Kier alpha value is -2.99. The van der Waals surface area contributed by atoms with Crippen molar-refractivity contribution in [3.05, 3.63) is 73.3 Å². The first-order chi connectivity index (χ1) is 11.5. The van der Waals surface area contributed by atoms with Crippen LogP contribution in [-0.4, -0.2) is 17.4 Å². The molecule has 0 radical (unpaired) electrons. The van der Waals surface area contributed by atoms with Crippen LogP contribution in [0.4, 0.5) is 8.78 Å². The van der Waals surface area contributed by atoms with Gasteiger partial charge in [0.25, 0.3) is 0 Å². The third-order valence-electron chi connectivity index (χ3n) is 3.05. The van der Waals surface area contributed by atoms with Crippen molar-refractivity contribution in [2.24, 2.45) is 0 Å². The quantitative estimate of drug-likeness (QED) is 0.289. The van der Waals surface area contributed by atoms with Gasteiger partial charge >= 0.3 is 5.97 Å². The molecule has 4 nitrogen and oxygen atoms in total. The van der Waals surface area contributed by atoms with Gasteiger partial charge in [0, 0.05) is 11.6 Å². The molecule has 0 spiro atoms. The molecule has 0 bridgehead atoms. The van der Waals surface area contributed by atoms with Crippen molar-refractivity contribution in [1.29, 1.82) is 0 Å². The van der Waals surface area contributed by atoms with Gasteiger partial charge in [-0.2, -0.15) is 4.39 Å². The Morgan fingerprint density at radius 3 is 2.33 bits per heavy atom. The van der Waals surface area contributed by atoms with Gasteiger partial charge in [0.15, 0.2) is 11.6 Å². The zero-order valence-electron chi connectivity index (χ0n) is 12.5. The molecule has 0 heterocycles. The molecule has 2 aromatic rings. The number of aliphatic hydroxyl groups excluding tert-OH is 1. The number of halogens is 2. The van der Waals surface area contributed by atoms with Gasteiger partial charge in [-0.05, 0) is 35.9 Å². The Labute approximate surface area is 137 Å². The van der Waals surface area contributed by atoms with E-state index in [1.807, 2.05) is 0 Å². The Kier molecular flexibility index (Phi) is 5.44. The fourth-order valence-electron chi connectivity index (χ4n) is 1.88. The molecule has 0 fully saturated rings. The normalized spacial score (nSPS) is 11.5. The predicted octanol–water partition coefficient (Wildman–Crippen LogP) is 3.61. The van der Waals surface area contributed by atoms with Crippen molar-refractivity contribution in [2.75, 3.05) is 0 Å². The summed E-state index contributed by atoms with van der Waals surface area (Å²) in [4.78, 5) is 11.1. The third-order valence-corrected chi connectivity index (χ3v) is 3.05. The Bertz CT molecular complexity index is 769. The molecule has 0 saturated heterocycles. The highest BCUT2D eigenvalue weighted by molar-refractivity contribution is 5.83. The second-order valence-corrected chi connectivity index (χ2v) is 4.63. The van der Waals surface area contributed by atoms with E-state index in [-0.39, 0.29) is 5.56 Å². The molecule has 0 aliphatic rings. The van der Waals surface area contributed by atoms with E-state index in [9.17, 15) is 18.7 Å². The van der Waals surface area contributed by atoms with E-state index < -0.39 is 29.6 Å². The number of ether oxygens (including phenoxy) is 2. The molecule has 0 amide bonds. The van der Waals surface area contributed by atoms with Crippen LogP contribution >= 0.6 is 0 Å². The van der Waals surface area contributed by atoms with Crippen molar-refractivity contribution in [3.8, 4) is 22.6 Å². The number of aliphatic hydroxyl groups is 1. The lowest BCUT2D eigenvalue weighted by molar-refractivity contribution is -0.129. The summed E-state index contributed by atoms with van der Waals surface area (Å²) < 4.78 is 37.9. The minimum atomic E-state index is -1.27. The van der Waals surface area contributed by atoms with Gasteiger partial charge in [-0.25, -0.2) is 9.18 Å². The smallest absolute Gasteiger partial charge is 0.335 e. The average molecular weight is 332 g/mol. The number of esters is 1. The number of rotatable bonds is 6. The van der Waals surface area contributed by atoms with Crippen molar-refractivity contribution < 1.29 is 28.2 Å². The van der Waals surface area contributed by atoms with Crippen LogP contribution in [-0.2, 0) is 4.79 Å². The van der Waals surface area contributed by atoms with Gasteiger partial charge in [0.1, 0.15) is 5.75 Å². The number of benzene rings is 2. The molecule has 0 saturated carbocycles.